The van der Waals surface area contributed by atoms with Gasteiger partial charge in [0, 0.05) is 5.69 Å². The molecular weight excluding hydrogens is 298 g/mol. The van der Waals surface area contributed by atoms with Crippen molar-refractivity contribution in [3.05, 3.63) is 23.8 Å². The van der Waals surface area contributed by atoms with Crippen LogP contribution in [0.4, 0.5) is 10.5 Å². The SMILES string of the molecule is COc1ccc(NC(=O)OC(C)(C)C)c(C2(C(=O)O)CCC2)c1. The Balaban J connectivity index is 2.36. The second-order valence-corrected chi connectivity index (χ2v) is 6.78. The molecule has 126 valence electrons. The summed E-state index contributed by atoms with van der Waals surface area (Å²) in [5.74, 6) is -0.327. The van der Waals surface area contributed by atoms with E-state index < -0.39 is 23.1 Å². The predicted molar refractivity (Wildman–Crippen MR) is 86.0 cm³/mol. The van der Waals surface area contributed by atoms with E-state index in [1.165, 1.54) is 7.11 Å². The minimum atomic E-state index is -0.973. The molecule has 1 amide bonds. The van der Waals surface area contributed by atoms with Crippen LogP contribution in [0, 0.1) is 0 Å². The summed E-state index contributed by atoms with van der Waals surface area (Å²) in [6, 6.07) is 5.02. The zero-order valence-electron chi connectivity index (χ0n) is 13.9. The Bertz CT molecular complexity index is 614. The Hall–Kier alpha value is -2.24. The van der Waals surface area contributed by atoms with Gasteiger partial charge in [-0.2, -0.15) is 0 Å². The molecule has 0 unspecified atom stereocenters. The number of hydrogen-bond donors (Lipinski definition) is 2. The van der Waals surface area contributed by atoms with Crippen LogP contribution in [0.25, 0.3) is 0 Å². The van der Waals surface area contributed by atoms with Crippen molar-refractivity contribution in [2.75, 3.05) is 12.4 Å². The Morgan fingerprint density at radius 3 is 2.35 bits per heavy atom. The third-order valence-electron chi connectivity index (χ3n) is 3.99. The minimum Gasteiger partial charge on any atom is -0.497 e. The van der Waals surface area contributed by atoms with Crippen molar-refractivity contribution >= 4 is 17.7 Å². The zero-order chi connectivity index (χ0) is 17.3. The monoisotopic (exact) mass is 321 g/mol. The summed E-state index contributed by atoms with van der Waals surface area (Å²) < 4.78 is 10.5. The first kappa shape index (κ1) is 17.1. The number of carbonyl (C=O) groups is 2. The fourth-order valence-corrected chi connectivity index (χ4v) is 2.70. The smallest absolute Gasteiger partial charge is 0.412 e. The topological polar surface area (TPSA) is 84.9 Å². The van der Waals surface area contributed by atoms with E-state index in [1.54, 1.807) is 39.0 Å². The van der Waals surface area contributed by atoms with Crippen LogP contribution in [0.3, 0.4) is 0 Å². The van der Waals surface area contributed by atoms with E-state index in [-0.39, 0.29) is 0 Å². The summed E-state index contributed by atoms with van der Waals surface area (Å²) in [4.78, 5) is 23.8. The summed E-state index contributed by atoms with van der Waals surface area (Å²) in [6.45, 7) is 5.31. The van der Waals surface area contributed by atoms with Gasteiger partial charge in [-0.15, -0.1) is 0 Å². The quantitative estimate of drug-likeness (QED) is 0.886. The van der Waals surface area contributed by atoms with Crippen LogP contribution in [0.2, 0.25) is 0 Å². The summed E-state index contributed by atoms with van der Waals surface area (Å²) in [5, 5.41) is 12.3. The molecular formula is C17H23NO5. The number of hydrogen-bond acceptors (Lipinski definition) is 4. The van der Waals surface area contributed by atoms with Crippen LogP contribution < -0.4 is 10.1 Å². The standard InChI is InChI=1S/C17H23NO5/c1-16(2,3)23-15(21)18-13-7-6-11(22-4)10-12(13)17(14(19)20)8-5-9-17/h6-7,10H,5,8-9H2,1-4H3,(H,18,21)(H,19,20). The number of amides is 1. The molecule has 1 aromatic carbocycles. The number of nitrogens with one attached hydrogen (secondary N) is 1. The third kappa shape index (κ3) is 3.57. The molecule has 0 atom stereocenters. The first-order valence-electron chi connectivity index (χ1n) is 7.60. The van der Waals surface area contributed by atoms with Crippen molar-refractivity contribution in [1.29, 1.82) is 0 Å². The van der Waals surface area contributed by atoms with Crippen molar-refractivity contribution in [1.82, 2.24) is 0 Å². The lowest BCUT2D eigenvalue weighted by Gasteiger charge is -2.39. The average molecular weight is 321 g/mol. The van der Waals surface area contributed by atoms with Crippen LogP contribution in [-0.4, -0.2) is 29.9 Å². The van der Waals surface area contributed by atoms with Crippen LogP contribution in [0.1, 0.15) is 45.6 Å². The molecule has 0 radical (unpaired) electrons. The lowest BCUT2D eigenvalue weighted by Crippen LogP contribution is -2.43. The van der Waals surface area contributed by atoms with Gasteiger partial charge in [-0.05, 0) is 57.4 Å². The van der Waals surface area contributed by atoms with Gasteiger partial charge >= 0.3 is 12.1 Å². The molecule has 0 aliphatic heterocycles. The molecule has 0 saturated heterocycles. The Kier molecular flexibility index (Phi) is 4.54. The van der Waals surface area contributed by atoms with Crippen LogP contribution in [0.15, 0.2) is 18.2 Å². The van der Waals surface area contributed by atoms with Gasteiger partial charge in [0.2, 0.25) is 0 Å². The van der Waals surface area contributed by atoms with E-state index in [9.17, 15) is 14.7 Å². The maximum Gasteiger partial charge on any atom is 0.412 e. The first-order valence-corrected chi connectivity index (χ1v) is 7.60. The third-order valence-corrected chi connectivity index (χ3v) is 3.99. The highest BCUT2D eigenvalue weighted by Crippen LogP contribution is 2.47. The van der Waals surface area contributed by atoms with Gasteiger partial charge in [0.05, 0.1) is 12.5 Å². The molecule has 0 aromatic heterocycles. The normalized spacial score (nSPS) is 16.2. The Morgan fingerprint density at radius 2 is 1.91 bits per heavy atom. The molecule has 2 N–H and O–H groups in total. The second kappa shape index (κ2) is 6.10. The summed E-state index contributed by atoms with van der Waals surface area (Å²) in [5.41, 5.74) is -0.597. The zero-order valence-corrected chi connectivity index (χ0v) is 13.9. The van der Waals surface area contributed by atoms with E-state index >= 15 is 0 Å². The van der Waals surface area contributed by atoms with Crippen molar-refractivity contribution in [2.45, 2.75) is 51.0 Å². The van der Waals surface area contributed by atoms with Crippen molar-refractivity contribution in [2.24, 2.45) is 0 Å². The minimum absolute atomic E-state index is 0.446. The Morgan fingerprint density at radius 1 is 1.26 bits per heavy atom. The molecule has 0 bridgehead atoms. The maximum absolute atomic E-state index is 12.0. The molecule has 1 aliphatic rings. The number of carbonyl (C=O) groups excluding carboxylic acids is 1. The fraction of sp³-hybridized carbons (Fsp3) is 0.529. The highest BCUT2D eigenvalue weighted by Gasteiger charge is 2.47. The molecule has 23 heavy (non-hydrogen) atoms. The molecule has 1 saturated carbocycles. The number of carboxylic acids is 1. The summed E-state index contributed by atoms with van der Waals surface area (Å²) >= 11 is 0. The van der Waals surface area contributed by atoms with Gasteiger partial charge < -0.3 is 14.6 Å². The van der Waals surface area contributed by atoms with Crippen LogP contribution >= 0.6 is 0 Å². The highest BCUT2D eigenvalue weighted by molar-refractivity contribution is 5.91. The number of methoxy groups -OCH3 is 1. The predicted octanol–water partition coefficient (Wildman–Crippen LogP) is 3.55. The van der Waals surface area contributed by atoms with Crippen molar-refractivity contribution < 1.29 is 24.2 Å². The molecule has 0 heterocycles. The largest absolute Gasteiger partial charge is 0.497 e. The lowest BCUT2D eigenvalue weighted by molar-refractivity contribution is -0.147. The van der Waals surface area contributed by atoms with E-state index in [0.717, 1.165) is 6.42 Å². The molecule has 6 heteroatoms. The summed E-state index contributed by atoms with van der Waals surface area (Å²) in [6.07, 6.45) is 1.32. The summed E-state index contributed by atoms with van der Waals surface area (Å²) in [7, 11) is 1.52. The van der Waals surface area contributed by atoms with Gasteiger partial charge in [0.25, 0.3) is 0 Å². The number of anilines is 1. The van der Waals surface area contributed by atoms with Gasteiger partial charge in [0.15, 0.2) is 0 Å². The average Bonchev–Trinajstić information content (AvgIpc) is 2.36. The number of benzene rings is 1. The molecule has 1 aromatic rings. The molecule has 1 aliphatic carbocycles. The number of ether oxygens (including phenoxy) is 2. The van der Waals surface area contributed by atoms with Crippen LogP contribution in [-0.2, 0) is 14.9 Å². The fourth-order valence-electron chi connectivity index (χ4n) is 2.70. The number of carboxylic acid groups (broad SMARTS) is 1. The lowest BCUT2D eigenvalue weighted by atomic mass is 9.64. The van der Waals surface area contributed by atoms with E-state index in [1.807, 2.05) is 0 Å². The molecule has 1 fully saturated rings. The van der Waals surface area contributed by atoms with Crippen LogP contribution in [0.5, 0.6) is 5.75 Å². The second-order valence-electron chi connectivity index (χ2n) is 6.78. The molecule has 2 rings (SSSR count). The molecule has 0 spiro atoms. The number of aliphatic carboxylic acids is 1. The molecule has 6 nitrogen and oxygen atoms in total. The van der Waals surface area contributed by atoms with Gasteiger partial charge in [0.1, 0.15) is 11.4 Å². The van der Waals surface area contributed by atoms with Crippen molar-refractivity contribution in [3.8, 4) is 5.75 Å². The van der Waals surface area contributed by atoms with Gasteiger partial charge in [-0.3, -0.25) is 10.1 Å². The number of rotatable bonds is 4. The van der Waals surface area contributed by atoms with E-state index in [0.29, 0.717) is 29.8 Å². The van der Waals surface area contributed by atoms with Gasteiger partial charge in [-0.25, -0.2) is 4.79 Å². The first-order chi connectivity index (χ1) is 10.7. The van der Waals surface area contributed by atoms with E-state index in [4.69, 9.17) is 9.47 Å². The van der Waals surface area contributed by atoms with E-state index in [2.05, 4.69) is 5.32 Å². The highest BCUT2D eigenvalue weighted by atomic mass is 16.6. The Labute approximate surface area is 135 Å². The van der Waals surface area contributed by atoms with Crippen molar-refractivity contribution in [3.63, 3.8) is 0 Å². The van der Waals surface area contributed by atoms with Gasteiger partial charge in [-0.1, -0.05) is 6.42 Å². The maximum atomic E-state index is 12.0.